The van der Waals surface area contributed by atoms with E-state index in [1.165, 1.54) is 0 Å². The van der Waals surface area contributed by atoms with Gasteiger partial charge in [-0.3, -0.25) is 24.1 Å². The van der Waals surface area contributed by atoms with Crippen molar-refractivity contribution in [1.82, 2.24) is 4.90 Å². The molecule has 9 heteroatoms. The number of hydrogen-bond donors (Lipinski definition) is 2. The molecule has 8 atom stereocenters. The minimum atomic E-state index is -1.32. The van der Waals surface area contributed by atoms with Crippen LogP contribution in [0.25, 0.3) is 11.1 Å². The Morgan fingerprint density at radius 3 is 2.34 bits per heavy atom. The number of epoxide rings is 1. The van der Waals surface area contributed by atoms with Crippen LogP contribution < -0.4 is 10.6 Å². The average Bonchev–Trinajstić information content (AvgIpc) is 3.61. The maximum Gasteiger partial charge on any atom is 0.231 e. The number of phenols is 1. The molecule has 41 heavy (non-hydrogen) atoms. The molecular formula is C32H37N3O6. The normalized spacial score (nSPS) is 33.8. The summed E-state index contributed by atoms with van der Waals surface area (Å²) >= 11 is 0. The summed E-state index contributed by atoms with van der Waals surface area (Å²) in [5.74, 6) is -5.80. The lowest BCUT2D eigenvalue weighted by Crippen LogP contribution is -2.68. The fourth-order valence-electron chi connectivity index (χ4n) is 8.42. The highest BCUT2D eigenvalue weighted by Crippen LogP contribution is 2.62. The first-order chi connectivity index (χ1) is 19.4. The number of fused-ring (bicyclic) bond motifs is 4. The topological polar surface area (TPSA) is 134 Å². The van der Waals surface area contributed by atoms with Crippen molar-refractivity contribution < 1.29 is 29.0 Å². The molecule has 1 amide bonds. The summed E-state index contributed by atoms with van der Waals surface area (Å²) in [5.41, 5.74) is 7.48. The number of primary amides is 1. The van der Waals surface area contributed by atoms with Crippen molar-refractivity contribution in [2.24, 2.45) is 35.3 Å². The highest BCUT2D eigenvalue weighted by molar-refractivity contribution is 6.18. The Bertz CT molecular complexity index is 1470. The monoisotopic (exact) mass is 559 g/mol. The molecule has 0 bridgehead atoms. The van der Waals surface area contributed by atoms with Crippen molar-refractivity contribution in [3.63, 3.8) is 0 Å². The summed E-state index contributed by atoms with van der Waals surface area (Å²) in [5, 5.41) is 11.5. The molecule has 1 spiro atoms. The van der Waals surface area contributed by atoms with Gasteiger partial charge in [-0.1, -0.05) is 37.3 Å². The number of nitrogens with zero attached hydrogens (tertiary/aromatic N) is 2. The van der Waals surface area contributed by atoms with Crippen LogP contribution in [0.1, 0.15) is 35.7 Å². The molecule has 216 valence electrons. The minimum Gasteiger partial charge on any atom is -0.507 e. The highest BCUT2D eigenvalue weighted by Gasteiger charge is 2.77. The van der Waals surface area contributed by atoms with Crippen LogP contribution >= 0.6 is 0 Å². The number of likely N-dealkylation sites (N-methyl/N-ethyl adjacent to an activating group) is 1. The zero-order valence-electron chi connectivity index (χ0n) is 24.1. The molecule has 3 aliphatic carbocycles. The van der Waals surface area contributed by atoms with E-state index in [9.17, 15) is 24.3 Å². The quantitative estimate of drug-likeness (QED) is 0.422. The second-order valence-corrected chi connectivity index (χ2v) is 12.5. The van der Waals surface area contributed by atoms with Crippen molar-refractivity contribution in [2.45, 2.75) is 43.9 Å². The number of carbonyl (C=O) groups excluding carboxylic acids is 4. The summed E-state index contributed by atoms with van der Waals surface area (Å²) in [6, 6.07) is 10.6. The number of nitrogens with two attached hydrogens (primary N) is 1. The zero-order valence-corrected chi connectivity index (χ0v) is 24.1. The van der Waals surface area contributed by atoms with Crippen molar-refractivity contribution in [3.05, 3.63) is 47.5 Å². The summed E-state index contributed by atoms with van der Waals surface area (Å²) < 4.78 is 6.11. The molecule has 0 radical (unpaired) electrons. The number of rotatable bonds is 5. The summed E-state index contributed by atoms with van der Waals surface area (Å²) in [4.78, 5) is 59.2. The first kappa shape index (κ1) is 27.6. The van der Waals surface area contributed by atoms with Crippen LogP contribution in [0.4, 0.5) is 5.69 Å². The minimum absolute atomic E-state index is 0.126. The van der Waals surface area contributed by atoms with Crippen LogP contribution in [0.5, 0.6) is 5.75 Å². The number of phenolic OH excluding ortho intramolecular Hbond substituents is 1. The predicted octanol–water partition coefficient (Wildman–Crippen LogP) is 2.46. The van der Waals surface area contributed by atoms with E-state index < -0.39 is 53.1 Å². The van der Waals surface area contributed by atoms with E-state index in [1.807, 2.05) is 62.3 Å². The Hall–Kier alpha value is -3.56. The van der Waals surface area contributed by atoms with Crippen LogP contribution in [0, 0.1) is 29.6 Å². The van der Waals surface area contributed by atoms with E-state index in [0.717, 1.165) is 11.3 Å². The summed E-state index contributed by atoms with van der Waals surface area (Å²) in [7, 11) is 7.33. The van der Waals surface area contributed by atoms with Crippen LogP contribution in [0.3, 0.4) is 0 Å². The second kappa shape index (κ2) is 9.49. The number of aromatic hydroxyl groups is 1. The van der Waals surface area contributed by atoms with Crippen LogP contribution in [0.15, 0.2) is 36.4 Å². The van der Waals surface area contributed by atoms with Crippen molar-refractivity contribution in [1.29, 1.82) is 0 Å². The van der Waals surface area contributed by atoms with E-state index in [0.29, 0.717) is 30.4 Å². The first-order valence-electron chi connectivity index (χ1n) is 14.3. The number of benzene rings is 2. The molecule has 3 N–H and O–H groups in total. The molecule has 6 rings (SSSR count). The van der Waals surface area contributed by atoms with Gasteiger partial charge in [-0.15, -0.1) is 0 Å². The fourth-order valence-corrected chi connectivity index (χ4v) is 8.42. The van der Waals surface area contributed by atoms with E-state index in [-0.39, 0.29) is 28.8 Å². The van der Waals surface area contributed by atoms with Gasteiger partial charge in [0.05, 0.1) is 29.5 Å². The lowest BCUT2D eigenvalue weighted by atomic mass is 9.50. The Kier molecular flexibility index (Phi) is 6.39. The van der Waals surface area contributed by atoms with E-state index in [2.05, 4.69) is 0 Å². The number of amides is 1. The number of Topliss-reactive ketones (excluding diaryl/α,β-unsaturated/α-hetero) is 3. The standard InChI is InChI=1S/C32H37N3O6/c1-6-21-32(41-21)24-19(26(35(4)5)30(39)25(32)31(33)40)13-16-12-18-20(34(2)3)14-17(15-10-8-7-9-11-15)27(36)23(18)28(37)22(16)29(24)38/h7-11,14,16,19,21-22,24-26,36H,6,12-13H2,1-5H3,(H2,33,40). The molecule has 1 heterocycles. The molecular weight excluding hydrogens is 522 g/mol. The van der Waals surface area contributed by atoms with Crippen molar-refractivity contribution in [3.8, 4) is 16.9 Å². The third kappa shape index (κ3) is 3.74. The maximum absolute atomic E-state index is 14.6. The Labute approximate surface area is 239 Å². The third-order valence-corrected chi connectivity index (χ3v) is 9.96. The molecule has 4 aliphatic rings. The van der Waals surface area contributed by atoms with Gasteiger partial charge in [0.2, 0.25) is 5.91 Å². The maximum atomic E-state index is 14.6. The largest absolute Gasteiger partial charge is 0.507 e. The highest BCUT2D eigenvalue weighted by atomic mass is 16.6. The van der Waals surface area contributed by atoms with Gasteiger partial charge >= 0.3 is 0 Å². The van der Waals surface area contributed by atoms with E-state index >= 15 is 0 Å². The number of ether oxygens (including phenoxy) is 1. The zero-order chi connectivity index (χ0) is 29.5. The lowest BCUT2D eigenvalue weighted by Gasteiger charge is -2.52. The SMILES string of the molecule is CCC1OC12C(C(N)=O)C(=O)C(N(C)C)C1CC3Cc4c(N(C)C)cc(-c5ccccc5)c(O)c4C(=O)C3C(=O)C12. The number of carbonyl (C=O) groups is 4. The van der Waals surface area contributed by atoms with Crippen LogP contribution in [0.2, 0.25) is 0 Å². The van der Waals surface area contributed by atoms with Crippen molar-refractivity contribution in [2.75, 3.05) is 33.1 Å². The molecule has 2 aromatic rings. The van der Waals surface area contributed by atoms with Crippen LogP contribution in [-0.2, 0) is 25.5 Å². The van der Waals surface area contributed by atoms with Gasteiger partial charge in [-0.25, -0.2) is 0 Å². The number of ketones is 3. The lowest BCUT2D eigenvalue weighted by molar-refractivity contribution is -0.157. The molecule has 9 nitrogen and oxygen atoms in total. The van der Waals surface area contributed by atoms with Gasteiger partial charge in [-0.2, -0.15) is 0 Å². The average molecular weight is 560 g/mol. The predicted molar refractivity (Wildman–Crippen MR) is 153 cm³/mol. The fraction of sp³-hybridized carbons (Fsp3) is 0.500. The second-order valence-electron chi connectivity index (χ2n) is 12.5. The number of hydrogen-bond acceptors (Lipinski definition) is 8. The summed E-state index contributed by atoms with van der Waals surface area (Å²) in [6.07, 6.45) is 0.903. The summed E-state index contributed by atoms with van der Waals surface area (Å²) in [6.45, 7) is 1.89. The Morgan fingerprint density at radius 2 is 1.78 bits per heavy atom. The molecule has 0 aromatic heterocycles. The van der Waals surface area contributed by atoms with Gasteiger partial charge in [-0.05, 0) is 62.4 Å². The van der Waals surface area contributed by atoms with E-state index in [4.69, 9.17) is 10.5 Å². The van der Waals surface area contributed by atoms with Gasteiger partial charge < -0.3 is 20.5 Å². The Morgan fingerprint density at radius 1 is 1.10 bits per heavy atom. The van der Waals surface area contributed by atoms with Gasteiger partial charge in [0.25, 0.3) is 0 Å². The molecule has 3 fully saturated rings. The smallest absolute Gasteiger partial charge is 0.231 e. The van der Waals surface area contributed by atoms with E-state index in [1.54, 1.807) is 19.0 Å². The molecule has 1 saturated heterocycles. The molecule has 8 unspecified atom stereocenters. The third-order valence-electron chi connectivity index (χ3n) is 9.96. The molecule has 2 saturated carbocycles. The molecule has 2 aromatic carbocycles. The van der Waals surface area contributed by atoms with Crippen molar-refractivity contribution >= 4 is 28.9 Å². The van der Waals surface area contributed by atoms with Gasteiger partial charge in [0.1, 0.15) is 23.1 Å². The van der Waals surface area contributed by atoms with Gasteiger partial charge in [0.15, 0.2) is 11.6 Å². The molecule has 1 aliphatic heterocycles. The first-order valence-corrected chi connectivity index (χ1v) is 14.3. The number of anilines is 1. The Balaban J connectivity index is 1.51. The van der Waals surface area contributed by atoms with Gasteiger partial charge in [0, 0.05) is 25.3 Å². The van der Waals surface area contributed by atoms with Crippen LogP contribution in [-0.4, -0.2) is 79.2 Å².